The lowest BCUT2D eigenvalue weighted by molar-refractivity contribution is -0.137. The molecule has 0 aromatic heterocycles. The number of hydrogen-bond acceptors (Lipinski definition) is 7. The minimum atomic E-state index is -0.709. The highest BCUT2D eigenvalue weighted by Crippen LogP contribution is 2.26. The average Bonchev–Trinajstić information content (AvgIpc) is 3.16. The van der Waals surface area contributed by atoms with E-state index in [1.165, 1.54) is 17.1 Å². The fraction of sp³-hybridized carbons (Fsp3) is 0.704. The van der Waals surface area contributed by atoms with Crippen molar-refractivity contribution < 1.29 is 28.8 Å². The number of Topliss-reactive ketones (excluding diaryl/α,β-unsaturated/α-hetero) is 2. The number of nitrogens with one attached hydrogen (secondary N) is 2. The molecule has 0 saturated carbocycles. The SMILES string of the molecule is CC(C)(C)C(=O)[C@H](CCCNC(N)=O)CC(=O)[C@H](CCCCN)NC(=O)CCCCCN1C(=O)C=CC1=O. The molecule has 11 nitrogen and oxygen atoms in total. The highest BCUT2D eigenvalue weighted by molar-refractivity contribution is 6.12. The Kier molecular flexibility index (Phi) is 14.5. The van der Waals surface area contributed by atoms with Gasteiger partial charge in [0.1, 0.15) is 5.78 Å². The third kappa shape index (κ3) is 12.4. The molecule has 0 bridgehead atoms. The summed E-state index contributed by atoms with van der Waals surface area (Å²) in [4.78, 5) is 74.3. The van der Waals surface area contributed by atoms with Gasteiger partial charge in [-0.05, 0) is 51.5 Å². The lowest BCUT2D eigenvalue weighted by atomic mass is 9.78. The van der Waals surface area contributed by atoms with Crippen molar-refractivity contribution in [1.29, 1.82) is 0 Å². The standard InChI is InChI=1S/C27H45N5O6/c1-27(2,3)25(37)19(10-9-16-30-26(29)38)18-21(33)20(11-6-7-15-28)31-22(34)12-5-4-8-17-32-23(35)13-14-24(32)36/h13-14,19-20H,4-12,15-18,28H2,1-3H3,(H,31,34)(H3,29,30,38)/t19-,20+/m1/s1. The van der Waals surface area contributed by atoms with E-state index in [-0.39, 0.29) is 42.1 Å². The molecule has 6 N–H and O–H groups in total. The summed E-state index contributed by atoms with van der Waals surface area (Å²) in [5.41, 5.74) is 10.1. The van der Waals surface area contributed by atoms with Gasteiger partial charge in [0.05, 0.1) is 6.04 Å². The first-order valence-electron chi connectivity index (χ1n) is 13.5. The van der Waals surface area contributed by atoms with E-state index in [9.17, 15) is 28.8 Å². The molecule has 214 valence electrons. The van der Waals surface area contributed by atoms with Gasteiger partial charge in [0.2, 0.25) is 5.91 Å². The summed E-state index contributed by atoms with van der Waals surface area (Å²) in [6, 6.07) is -1.35. The molecule has 1 aliphatic rings. The van der Waals surface area contributed by atoms with Crippen LogP contribution in [0.2, 0.25) is 0 Å². The maximum absolute atomic E-state index is 13.3. The van der Waals surface area contributed by atoms with Crippen LogP contribution < -0.4 is 22.1 Å². The highest BCUT2D eigenvalue weighted by Gasteiger charge is 2.33. The molecular weight excluding hydrogens is 490 g/mol. The van der Waals surface area contributed by atoms with Crippen molar-refractivity contribution in [3.8, 4) is 0 Å². The van der Waals surface area contributed by atoms with Gasteiger partial charge < -0.3 is 22.1 Å². The van der Waals surface area contributed by atoms with Gasteiger partial charge in [-0.15, -0.1) is 0 Å². The smallest absolute Gasteiger partial charge is 0.312 e. The van der Waals surface area contributed by atoms with Crippen LogP contribution in [0.4, 0.5) is 4.79 Å². The van der Waals surface area contributed by atoms with Crippen molar-refractivity contribution in [2.75, 3.05) is 19.6 Å². The van der Waals surface area contributed by atoms with E-state index < -0.39 is 23.4 Å². The quantitative estimate of drug-likeness (QED) is 0.143. The first-order chi connectivity index (χ1) is 17.9. The molecule has 0 saturated heterocycles. The van der Waals surface area contributed by atoms with Crippen LogP contribution in [0.3, 0.4) is 0 Å². The lowest BCUT2D eigenvalue weighted by Gasteiger charge is -2.26. The fourth-order valence-electron chi connectivity index (χ4n) is 4.34. The first-order valence-corrected chi connectivity index (χ1v) is 13.5. The molecule has 1 rings (SSSR count). The third-order valence-electron chi connectivity index (χ3n) is 6.44. The predicted molar refractivity (Wildman–Crippen MR) is 144 cm³/mol. The Labute approximate surface area is 225 Å². The van der Waals surface area contributed by atoms with E-state index in [1.807, 2.05) is 0 Å². The number of nitrogens with zero attached hydrogens (tertiary/aromatic N) is 1. The van der Waals surface area contributed by atoms with Gasteiger partial charge in [0.25, 0.3) is 11.8 Å². The van der Waals surface area contributed by atoms with Crippen molar-refractivity contribution in [1.82, 2.24) is 15.5 Å². The summed E-state index contributed by atoms with van der Waals surface area (Å²) in [6.07, 6.45) is 7.24. The first kappa shape index (κ1) is 32.9. The van der Waals surface area contributed by atoms with Gasteiger partial charge in [-0.2, -0.15) is 0 Å². The van der Waals surface area contributed by atoms with E-state index in [4.69, 9.17) is 11.5 Å². The number of primary amides is 1. The molecule has 0 radical (unpaired) electrons. The van der Waals surface area contributed by atoms with Crippen LogP contribution in [0.25, 0.3) is 0 Å². The predicted octanol–water partition coefficient (Wildman–Crippen LogP) is 1.72. The Bertz CT molecular complexity index is 862. The van der Waals surface area contributed by atoms with Crippen molar-refractivity contribution in [3.05, 3.63) is 12.2 Å². The largest absolute Gasteiger partial charge is 0.352 e. The summed E-state index contributed by atoms with van der Waals surface area (Å²) in [5.74, 6) is -1.66. The van der Waals surface area contributed by atoms with Crippen molar-refractivity contribution in [2.24, 2.45) is 22.8 Å². The van der Waals surface area contributed by atoms with Crippen LogP contribution in [-0.2, 0) is 24.0 Å². The van der Waals surface area contributed by atoms with Gasteiger partial charge in [-0.1, -0.05) is 27.2 Å². The maximum Gasteiger partial charge on any atom is 0.312 e. The van der Waals surface area contributed by atoms with Gasteiger partial charge in [-0.25, -0.2) is 4.79 Å². The van der Waals surface area contributed by atoms with Gasteiger partial charge in [0, 0.05) is 49.4 Å². The second-order valence-electron chi connectivity index (χ2n) is 10.8. The zero-order chi connectivity index (χ0) is 28.7. The molecule has 0 aromatic carbocycles. The second-order valence-corrected chi connectivity index (χ2v) is 10.8. The third-order valence-corrected chi connectivity index (χ3v) is 6.44. The molecule has 2 atom stereocenters. The summed E-state index contributed by atoms with van der Waals surface area (Å²) in [5, 5.41) is 5.34. The Hall–Kier alpha value is -3.08. The Balaban J connectivity index is 2.66. The highest BCUT2D eigenvalue weighted by atomic mass is 16.2. The van der Waals surface area contributed by atoms with Crippen LogP contribution in [0.1, 0.15) is 85.0 Å². The van der Waals surface area contributed by atoms with Gasteiger partial charge >= 0.3 is 6.03 Å². The van der Waals surface area contributed by atoms with Crippen LogP contribution in [-0.4, -0.2) is 65.9 Å². The fourth-order valence-corrected chi connectivity index (χ4v) is 4.34. The van der Waals surface area contributed by atoms with Gasteiger partial charge in [0.15, 0.2) is 5.78 Å². The van der Waals surface area contributed by atoms with E-state index in [0.717, 1.165) is 0 Å². The Morgan fingerprint density at radius 1 is 0.921 bits per heavy atom. The number of carbonyl (C=O) groups excluding carboxylic acids is 6. The molecule has 0 aromatic rings. The molecule has 11 heteroatoms. The van der Waals surface area contributed by atoms with Crippen LogP contribution in [0.15, 0.2) is 12.2 Å². The molecular formula is C27H45N5O6. The Morgan fingerprint density at radius 2 is 1.58 bits per heavy atom. The average molecular weight is 536 g/mol. The molecule has 0 unspecified atom stereocenters. The summed E-state index contributed by atoms with van der Waals surface area (Å²) >= 11 is 0. The number of hydrogen-bond donors (Lipinski definition) is 4. The van der Waals surface area contributed by atoms with Crippen molar-refractivity contribution >= 4 is 35.3 Å². The van der Waals surface area contributed by atoms with Crippen LogP contribution in [0, 0.1) is 11.3 Å². The minimum Gasteiger partial charge on any atom is -0.352 e. The van der Waals surface area contributed by atoms with Crippen molar-refractivity contribution in [2.45, 2.75) is 91.0 Å². The van der Waals surface area contributed by atoms with Crippen LogP contribution in [0.5, 0.6) is 0 Å². The summed E-state index contributed by atoms with van der Waals surface area (Å²) in [6.45, 7) is 6.52. The normalized spacial score (nSPS) is 14.9. The maximum atomic E-state index is 13.3. The van der Waals surface area contributed by atoms with Gasteiger partial charge in [-0.3, -0.25) is 28.9 Å². The van der Waals surface area contributed by atoms with Crippen molar-refractivity contribution in [3.63, 3.8) is 0 Å². The van der Waals surface area contributed by atoms with E-state index >= 15 is 0 Å². The zero-order valence-corrected chi connectivity index (χ0v) is 23.1. The number of ketones is 2. The Morgan fingerprint density at radius 3 is 2.16 bits per heavy atom. The molecule has 1 aliphatic heterocycles. The number of unbranched alkanes of at least 4 members (excludes halogenated alkanes) is 3. The minimum absolute atomic E-state index is 0.00612. The zero-order valence-electron chi connectivity index (χ0n) is 23.1. The van der Waals surface area contributed by atoms with E-state index in [0.29, 0.717) is 71.0 Å². The monoisotopic (exact) mass is 535 g/mol. The van der Waals surface area contributed by atoms with Crippen LogP contribution >= 0.6 is 0 Å². The molecule has 1 heterocycles. The molecule has 0 spiro atoms. The molecule has 38 heavy (non-hydrogen) atoms. The number of rotatable bonds is 19. The molecule has 0 aliphatic carbocycles. The lowest BCUT2D eigenvalue weighted by Crippen LogP contribution is -2.42. The summed E-state index contributed by atoms with van der Waals surface area (Å²) in [7, 11) is 0. The molecule has 0 fully saturated rings. The second kappa shape index (κ2) is 16.7. The number of imide groups is 1. The number of carbonyl (C=O) groups is 6. The number of amides is 5. The number of urea groups is 1. The number of nitrogens with two attached hydrogens (primary N) is 2. The molecule has 5 amide bonds. The topological polar surface area (TPSA) is 182 Å². The summed E-state index contributed by atoms with van der Waals surface area (Å²) < 4.78 is 0. The van der Waals surface area contributed by atoms with E-state index in [2.05, 4.69) is 10.6 Å². The van der Waals surface area contributed by atoms with E-state index in [1.54, 1.807) is 20.8 Å².